The van der Waals surface area contributed by atoms with E-state index in [1.54, 1.807) is 30.5 Å². The van der Waals surface area contributed by atoms with Gasteiger partial charge < -0.3 is 5.32 Å². The highest BCUT2D eigenvalue weighted by atomic mass is 16.2. The quantitative estimate of drug-likeness (QED) is 0.526. The molecule has 2 amide bonds. The van der Waals surface area contributed by atoms with Gasteiger partial charge in [0.15, 0.2) is 0 Å². The van der Waals surface area contributed by atoms with Gasteiger partial charge in [0.1, 0.15) is 0 Å². The van der Waals surface area contributed by atoms with Crippen molar-refractivity contribution in [2.45, 2.75) is 46.0 Å². The Kier molecular flexibility index (Phi) is 7.74. The van der Waals surface area contributed by atoms with Crippen LogP contribution < -0.4 is 10.7 Å². The van der Waals surface area contributed by atoms with Crippen LogP contribution in [-0.2, 0) is 4.79 Å². The van der Waals surface area contributed by atoms with Crippen LogP contribution in [0.25, 0.3) is 0 Å². The monoisotopic (exact) mass is 365 g/mol. The van der Waals surface area contributed by atoms with Crippen LogP contribution in [0.2, 0.25) is 0 Å². The van der Waals surface area contributed by atoms with E-state index in [4.69, 9.17) is 0 Å². The van der Waals surface area contributed by atoms with Crippen molar-refractivity contribution in [2.24, 2.45) is 5.10 Å². The molecule has 0 aliphatic carbocycles. The van der Waals surface area contributed by atoms with Gasteiger partial charge in [-0.05, 0) is 47.7 Å². The SMILES string of the molecule is CCCCC(=O)Nc1ccc(C(=O)N/N=C/c2ccc(C(C)C)cc2)cc1. The van der Waals surface area contributed by atoms with Gasteiger partial charge in [-0.2, -0.15) is 5.10 Å². The minimum atomic E-state index is -0.297. The lowest BCUT2D eigenvalue weighted by atomic mass is 10.0. The second-order valence-electron chi connectivity index (χ2n) is 6.75. The van der Waals surface area contributed by atoms with E-state index >= 15 is 0 Å². The van der Waals surface area contributed by atoms with Crippen molar-refractivity contribution in [3.05, 3.63) is 65.2 Å². The molecule has 0 saturated heterocycles. The van der Waals surface area contributed by atoms with Gasteiger partial charge in [-0.25, -0.2) is 5.43 Å². The number of anilines is 1. The van der Waals surface area contributed by atoms with Gasteiger partial charge in [0.25, 0.3) is 5.91 Å². The molecule has 0 bridgehead atoms. The molecule has 0 aliphatic heterocycles. The molecule has 0 heterocycles. The number of benzene rings is 2. The summed E-state index contributed by atoms with van der Waals surface area (Å²) in [5, 5.41) is 6.82. The number of carbonyl (C=O) groups is 2. The van der Waals surface area contributed by atoms with Gasteiger partial charge in [-0.15, -0.1) is 0 Å². The fourth-order valence-electron chi connectivity index (χ4n) is 2.46. The normalized spacial score (nSPS) is 11.0. The van der Waals surface area contributed by atoms with Crippen molar-refractivity contribution in [2.75, 3.05) is 5.32 Å². The van der Waals surface area contributed by atoms with E-state index in [9.17, 15) is 9.59 Å². The summed E-state index contributed by atoms with van der Waals surface area (Å²) in [6, 6.07) is 14.8. The molecule has 2 rings (SSSR count). The predicted octanol–water partition coefficient (Wildman–Crippen LogP) is 4.70. The third-order valence-corrected chi connectivity index (χ3v) is 4.17. The Bertz CT molecular complexity index is 778. The van der Waals surface area contributed by atoms with Gasteiger partial charge in [-0.1, -0.05) is 51.5 Å². The van der Waals surface area contributed by atoms with Crippen molar-refractivity contribution in [3.8, 4) is 0 Å². The van der Waals surface area contributed by atoms with E-state index in [-0.39, 0.29) is 11.8 Å². The van der Waals surface area contributed by atoms with Crippen LogP contribution in [0.3, 0.4) is 0 Å². The Morgan fingerprint density at radius 2 is 1.70 bits per heavy atom. The number of nitrogens with one attached hydrogen (secondary N) is 2. The molecule has 2 N–H and O–H groups in total. The van der Waals surface area contributed by atoms with Gasteiger partial charge in [0.05, 0.1) is 6.21 Å². The molecule has 142 valence electrons. The predicted molar refractivity (Wildman–Crippen MR) is 110 cm³/mol. The Morgan fingerprint density at radius 3 is 2.30 bits per heavy atom. The highest BCUT2D eigenvalue weighted by molar-refractivity contribution is 5.96. The molecular formula is C22H27N3O2. The van der Waals surface area contributed by atoms with E-state index < -0.39 is 0 Å². The van der Waals surface area contributed by atoms with Crippen molar-refractivity contribution in [1.29, 1.82) is 0 Å². The van der Waals surface area contributed by atoms with Gasteiger partial charge in [0.2, 0.25) is 5.91 Å². The summed E-state index contributed by atoms with van der Waals surface area (Å²) in [4.78, 5) is 23.9. The fourth-order valence-corrected chi connectivity index (χ4v) is 2.46. The number of hydrazone groups is 1. The van der Waals surface area contributed by atoms with Crippen molar-refractivity contribution in [1.82, 2.24) is 5.43 Å². The first-order chi connectivity index (χ1) is 13.0. The van der Waals surface area contributed by atoms with Crippen LogP contribution >= 0.6 is 0 Å². The Balaban J connectivity index is 1.87. The first-order valence-corrected chi connectivity index (χ1v) is 9.33. The molecule has 0 radical (unpaired) electrons. The highest BCUT2D eigenvalue weighted by Crippen LogP contribution is 2.14. The Labute approximate surface area is 160 Å². The molecule has 0 aromatic heterocycles. The molecule has 0 atom stereocenters. The van der Waals surface area contributed by atoms with Gasteiger partial charge in [0, 0.05) is 17.7 Å². The summed E-state index contributed by atoms with van der Waals surface area (Å²) in [6.07, 6.45) is 3.97. The zero-order chi connectivity index (χ0) is 19.6. The van der Waals surface area contributed by atoms with Gasteiger partial charge in [-0.3, -0.25) is 9.59 Å². The molecule has 0 spiro atoms. The lowest BCUT2D eigenvalue weighted by molar-refractivity contribution is -0.116. The van der Waals surface area contributed by atoms with Crippen LogP contribution in [0.4, 0.5) is 5.69 Å². The zero-order valence-corrected chi connectivity index (χ0v) is 16.2. The number of nitrogens with zero attached hydrogens (tertiary/aromatic N) is 1. The smallest absolute Gasteiger partial charge is 0.271 e. The summed E-state index contributed by atoms with van der Waals surface area (Å²) >= 11 is 0. The number of hydrogen-bond donors (Lipinski definition) is 2. The first kappa shape index (κ1) is 20.4. The molecule has 27 heavy (non-hydrogen) atoms. The number of hydrogen-bond acceptors (Lipinski definition) is 3. The number of rotatable bonds is 8. The topological polar surface area (TPSA) is 70.6 Å². The second kappa shape index (κ2) is 10.3. The van der Waals surface area contributed by atoms with Crippen LogP contribution in [0.1, 0.15) is 67.4 Å². The molecule has 5 heteroatoms. The molecule has 2 aromatic rings. The standard InChI is InChI=1S/C22H27N3O2/c1-4-5-6-21(26)24-20-13-11-19(12-14-20)22(27)25-23-15-17-7-9-18(10-8-17)16(2)3/h7-16H,4-6H2,1-3H3,(H,24,26)(H,25,27)/b23-15+. The lowest BCUT2D eigenvalue weighted by Gasteiger charge is -2.06. The maximum absolute atomic E-state index is 12.1. The third kappa shape index (κ3) is 6.70. The highest BCUT2D eigenvalue weighted by Gasteiger charge is 2.06. The van der Waals surface area contributed by atoms with E-state index in [1.165, 1.54) is 5.56 Å². The molecule has 0 unspecified atom stereocenters. The third-order valence-electron chi connectivity index (χ3n) is 4.17. The maximum atomic E-state index is 12.1. The summed E-state index contributed by atoms with van der Waals surface area (Å²) in [5.41, 5.74) is 5.86. The van der Waals surface area contributed by atoms with Crippen LogP contribution in [0, 0.1) is 0 Å². The van der Waals surface area contributed by atoms with Crippen molar-refractivity contribution >= 4 is 23.7 Å². The Morgan fingerprint density at radius 1 is 1.04 bits per heavy atom. The van der Waals surface area contributed by atoms with Crippen LogP contribution in [0.15, 0.2) is 53.6 Å². The van der Waals surface area contributed by atoms with Crippen molar-refractivity contribution < 1.29 is 9.59 Å². The van der Waals surface area contributed by atoms with Crippen molar-refractivity contribution in [3.63, 3.8) is 0 Å². The Hall–Kier alpha value is -2.95. The summed E-state index contributed by atoms with van der Waals surface area (Å²) in [6.45, 7) is 6.33. The second-order valence-corrected chi connectivity index (χ2v) is 6.75. The number of amides is 2. The van der Waals surface area contributed by atoms with Crippen LogP contribution in [0.5, 0.6) is 0 Å². The van der Waals surface area contributed by atoms with E-state index in [2.05, 4.69) is 41.8 Å². The number of unbranched alkanes of at least 4 members (excludes halogenated alkanes) is 1. The average molecular weight is 365 g/mol. The minimum absolute atomic E-state index is 0.0119. The van der Waals surface area contributed by atoms with E-state index in [0.717, 1.165) is 18.4 Å². The zero-order valence-electron chi connectivity index (χ0n) is 16.2. The summed E-state index contributed by atoms with van der Waals surface area (Å²) in [7, 11) is 0. The van der Waals surface area contributed by atoms with Crippen LogP contribution in [-0.4, -0.2) is 18.0 Å². The van der Waals surface area contributed by atoms with E-state index in [0.29, 0.717) is 23.6 Å². The summed E-state index contributed by atoms with van der Waals surface area (Å²) in [5.74, 6) is 0.172. The minimum Gasteiger partial charge on any atom is -0.326 e. The average Bonchev–Trinajstić information content (AvgIpc) is 2.67. The molecule has 0 aliphatic rings. The first-order valence-electron chi connectivity index (χ1n) is 9.33. The summed E-state index contributed by atoms with van der Waals surface area (Å²) < 4.78 is 0. The lowest BCUT2D eigenvalue weighted by Crippen LogP contribution is -2.17. The van der Waals surface area contributed by atoms with Gasteiger partial charge >= 0.3 is 0 Å². The molecule has 2 aromatic carbocycles. The van der Waals surface area contributed by atoms with E-state index in [1.807, 2.05) is 19.1 Å². The molecule has 0 fully saturated rings. The largest absolute Gasteiger partial charge is 0.326 e. The molecule has 5 nitrogen and oxygen atoms in total. The molecular weight excluding hydrogens is 338 g/mol. The molecule has 0 saturated carbocycles. The number of carbonyl (C=O) groups excluding carboxylic acids is 2. The fraction of sp³-hybridized carbons (Fsp3) is 0.318. The maximum Gasteiger partial charge on any atom is 0.271 e.